The second-order valence-corrected chi connectivity index (χ2v) is 7.66. The zero-order valence-corrected chi connectivity index (χ0v) is 15.5. The first kappa shape index (κ1) is 18.2. The lowest BCUT2D eigenvalue weighted by atomic mass is 9.94. The Labute approximate surface area is 152 Å². The molecule has 1 aliphatic rings. The number of nitrogens with zero attached hydrogens (tertiary/aromatic N) is 3. The minimum atomic E-state index is -0.445. The summed E-state index contributed by atoms with van der Waals surface area (Å²) in [4.78, 5) is 40.4. The van der Waals surface area contributed by atoms with E-state index in [0.29, 0.717) is 37.3 Å². The maximum Gasteiger partial charge on any atom is 0.419 e. The van der Waals surface area contributed by atoms with Crippen molar-refractivity contribution < 1.29 is 14.0 Å². The van der Waals surface area contributed by atoms with E-state index in [1.54, 1.807) is 17.0 Å². The molecule has 3 rings (SSSR count). The molecular weight excluding hydrogens is 334 g/mol. The molecule has 2 heterocycles. The monoisotopic (exact) mass is 359 g/mol. The molecule has 0 unspecified atom stereocenters. The highest BCUT2D eigenvalue weighted by molar-refractivity contribution is 5.82. The summed E-state index contributed by atoms with van der Waals surface area (Å²) < 4.78 is 6.68. The Morgan fingerprint density at radius 1 is 1.04 bits per heavy atom. The SMILES string of the molecule is CC(C)(C)C(=O)N1CCN(C(=O)CCn2c(=O)oc3ccccc32)CC1. The number of piperazine rings is 1. The molecule has 140 valence electrons. The molecule has 1 aliphatic heterocycles. The number of hydrogen-bond donors (Lipinski definition) is 0. The fourth-order valence-corrected chi connectivity index (χ4v) is 3.22. The molecule has 2 amide bonds. The van der Waals surface area contributed by atoms with Crippen molar-refractivity contribution in [1.82, 2.24) is 14.4 Å². The smallest absolute Gasteiger partial charge is 0.408 e. The number of benzene rings is 1. The van der Waals surface area contributed by atoms with Gasteiger partial charge in [0.1, 0.15) is 0 Å². The van der Waals surface area contributed by atoms with Gasteiger partial charge in [-0.1, -0.05) is 32.9 Å². The molecule has 7 nitrogen and oxygen atoms in total. The number of carbonyl (C=O) groups excluding carboxylic acids is 2. The summed E-state index contributed by atoms with van der Waals surface area (Å²) in [5.41, 5.74) is 0.820. The van der Waals surface area contributed by atoms with E-state index < -0.39 is 11.2 Å². The summed E-state index contributed by atoms with van der Waals surface area (Å²) >= 11 is 0. The molecule has 0 aliphatic carbocycles. The van der Waals surface area contributed by atoms with Gasteiger partial charge in [-0.2, -0.15) is 0 Å². The van der Waals surface area contributed by atoms with Crippen molar-refractivity contribution in [2.24, 2.45) is 5.41 Å². The van der Waals surface area contributed by atoms with Gasteiger partial charge >= 0.3 is 5.76 Å². The van der Waals surface area contributed by atoms with Gasteiger partial charge < -0.3 is 14.2 Å². The van der Waals surface area contributed by atoms with E-state index in [1.807, 2.05) is 37.8 Å². The van der Waals surface area contributed by atoms with Gasteiger partial charge in [-0.15, -0.1) is 0 Å². The summed E-state index contributed by atoms with van der Waals surface area (Å²) in [6.45, 7) is 8.16. The van der Waals surface area contributed by atoms with Crippen LogP contribution in [0.3, 0.4) is 0 Å². The molecule has 26 heavy (non-hydrogen) atoms. The molecule has 0 saturated carbocycles. The van der Waals surface area contributed by atoms with Crippen LogP contribution in [0.25, 0.3) is 11.1 Å². The van der Waals surface area contributed by atoms with Gasteiger partial charge in [-0.25, -0.2) is 4.79 Å². The second-order valence-electron chi connectivity index (χ2n) is 7.66. The van der Waals surface area contributed by atoms with E-state index in [-0.39, 0.29) is 24.8 Å². The molecule has 0 atom stereocenters. The third-order valence-electron chi connectivity index (χ3n) is 4.68. The molecule has 2 aromatic rings. The van der Waals surface area contributed by atoms with Crippen LogP contribution in [0.2, 0.25) is 0 Å². The Morgan fingerprint density at radius 3 is 2.31 bits per heavy atom. The van der Waals surface area contributed by atoms with Gasteiger partial charge in [0.05, 0.1) is 5.52 Å². The van der Waals surface area contributed by atoms with Crippen LogP contribution >= 0.6 is 0 Å². The summed E-state index contributed by atoms with van der Waals surface area (Å²) in [5, 5.41) is 0. The molecule has 7 heteroatoms. The maximum absolute atomic E-state index is 12.5. The van der Waals surface area contributed by atoms with Crippen molar-refractivity contribution in [3.05, 3.63) is 34.8 Å². The van der Waals surface area contributed by atoms with Gasteiger partial charge in [0.2, 0.25) is 11.8 Å². The largest absolute Gasteiger partial charge is 0.419 e. The number of fused-ring (bicyclic) bond motifs is 1. The van der Waals surface area contributed by atoms with Crippen LogP contribution in [0.15, 0.2) is 33.5 Å². The molecular formula is C19H25N3O4. The first-order valence-corrected chi connectivity index (χ1v) is 8.93. The quantitative estimate of drug-likeness (QED) is 0.836. The molecule has 1 saturated heterocycles. The predicted molar refractivity (Wildman–Crippen MR) is 97.7 cm³/mol. The molecule has 1 aromatic carbocycles. The minimum absolute atomic E-state index is 0.00922. The Bertz CT molecular complexity index is 867. The lowest BCUT2D eigenvalue weighted by Crippen LogP contribution is -2.53. The molecule has 0 N–H and O–H groups in total. The predicted octanol–water partition coefficient (Wildman–Crippen LogP) is 1.70. The summed E-state index contributed by atoms with van der Waals surface area (Å²) in [6, 6.07) is 7.18. The van der Waals surface area contributed by atoms with Crippen molar-refractivity contribution in [1.29, 1.82) is 0 Å². The maximum atomic E-state index is 12.5. The lowest BCUT2D eigenvalue weighted by Gasteiger charge is -2.37. The number of hydrogen-bond acceptors (Lipinski definition) is 4. The van der Waals surface area contributed by atoms with Crippen molar-refractivity contribution in [2.45, 2.75) is 33.7 Å². The highest BCUT2D eigenvalue weighted by Crippen LogP contribution is 2.19. The van der Waals surface area contributed by atoms with Crippen LogP contribution in [0.4, 0.5) is 0 Å². The van der Waals surface area contributed by atoms with Crippen molar-refractivity contribution in [3.8, 4) is 0 Å². The van der Waals surface area contributed by atoms with Crippen molar-refractivity contribution in [2.75, 3.05) is 26.2 Å². The number of aryl methyl sites for hydroxylation is 1. The minimum Gasteiger partial charge on any atom is -0.408 e. The van der Waals surface area contributed by atoms with Crippen LogP contribution in [0, 0.1) is 5.41 Å². The Morgan fingerprint density at radius 2 is 1.65 bits per heavy atom. The number of oxazole rings is 1. The average molecular weight is 359 g/mol. The normalized spacial score (nSPS) is 15.5. The lowest BCUT2D eigenvalue weighted by molar-refractivity contribution is -0.145. The fourth-order valence-electron chi connectivity index (χ4n) is 3.22. The van der Waals surface area contributed by atoms with Crippen LogP contribution in [-0.4, -0.2) is 52.4 Å². The Kier molecular flexibility index (Phi) is 4.89. The average Bonchev–Trinajstić information content (AvgIpc) is 2.93. The first-order chi connectivity index (χ1) is 12.3. The Hall–Kier alpha value is -2.57. The van der Waals surface area contributed by atoms with Crippen molar-refractivity contribution >= 4 is 22.9 Å². The van der Waals surface area contributed by atoms with Crippen LogP contribution in [-0.2, 0) is 16.1 Å². The van der Waals surface area contributed by atoms with Crippen LogP contribution < -0.4 is 5.76 Å². The highest BCUT2D eigenvalue weighted by atomic mass is 16.4. The molecule has 1 fully saturated rings. The van der Waals surface area contributed by atoms with Crippen LogP contribution in [0.1, 0.15) is 27.2 Å². The van der Waals surface area contributed by atoms with Gasteiger partial charge in [-0.05, 0) is 12.1 Å². The third kappa shape index (κ3) is 3.66. The van der Waals surface area contributed by atoms with Crippen LogP contribution in [0.5, 0.6) is 0 Å². The summed E-state index contributed by atoms with van der Waals surface area (Å²) in [5.74, 6) is -0.342. The topological polar surface area (TPSA) is 75.8 Å². The first-order valence-electron chi connectivity index (χ1n) is 8.93. The van der Waals surface area contributed by atoms with Gasteiger partial charge in [0.15, 0.2) is 5.58 Å². The van der Waals surface area contributed by atoms with E-state index in [2.05, 4.69) is 0 Å². The number of aromatic nitrogens is 1. The Balaban J connectivity index is 1.57. The second kappa shape index (κ2) is 6.97. The zero-order chi connectivity index (χ0) is 18.9. The molecule has 1 aromatic heterocycles. The third-order valence-corrected chi connectivity index (χ3v) is 4.68. The van der Waals surface area contributed by atoms with Gasteiger partial charge in [0.25, 0.3) is 0 Å². The van der Waals surface area contributed by atoms with Gasteiger partial charge in [0, 0.05) is 44.6 Å². The van der Waals surface area contributed by atoms with E-state index in [0.717, 1.165) is 0 Å². The van der Waals surface area contributed by atoms with E-state index in [1.165, 1.54) is 4.57 Å². The van der Waals surface area contributed by atoms with E-state index in [9.17, 15) is 14.4 Å². The van der Waals surface area contributed by atoms with Crippen molar-refractivity contribution in [3.63, 3.8) is 0 Å². The fraction of sp³-hybridized carbons (Fsp3) is 0.526. The highest BCUT2D eigenvalue weighted by Gasteiger charge is 2.30. The van der Waals surface area contributed by atoms with E-state index in [4.69, 9.17) is 4.42 Å². The number of para-hydroxylation sites is 2. The van der Waals surface area contributed by atoms with Gasteiger partial charge in [-0.3, -0.25) is 14.2 Å². The number of amides is 2. The zero-order valence-electron chi connectivity index (χ0n) is 15.5. The molecule has 0 radical (unpaired) electrons. The number of rotatable bonds is 3. The standard InChI is InChI=1S/C19H25N3O4/c1-19(2,3)17(24)21-12-10-20(11-13-21)16(23)8-9-22-14-6-4-5-7-15(14)26-18(22)25/h4-7H,8-13H2,1-3H3. The molecule has 0 bridgehead atoms. The number of carbonyl (C=O) groups is 2. The van der Waals surface area contributed by atoms with E-state index >= 15 is 0 Å². The summed E-state index contributed by atoms with van der Waals surface area (Å²) in [6.07, 6.45) is 0.233. The molecule has 0 spiro atoms. The summed E-state index contributed by atoms with van der Waals surface area (Å²) in [7, 11) is 0.